The molecule has 22 heavy (non-hydrogen) atoms. The van der Waals surface area contributed by atoms with E-state index in [0.29, 0.717) is 39.6 Å². The van der Waals surface area contributed by atoms with Crippen LogP contribution in [-0.2, 0) is 18.4 Å². The molecule has 0 aliphatic rings. The monoisotopic (exact) mass is 500 g/mol. The van der Waals surface area contributed by atoms with Gasteiger partial charge in [0.25, 0.3) is 0 Å². The number of phosphoric ester groups is 1. The number of amides is 1. The molecule has 0 fully saturated rings. The van der Waals surface area contributed by atoms with Gasteiger partial charge >= 0.3 is 151 Å². The van der Waals surface area contributed by atoms with Gasteiger partial charge in [0.05, 0.1) is 0 Å². The molecule has 2 atom stereocenters. The van der Waals surface area contributed by atoms with E-state index in [2.05, 4.69) is 5.32 Å². The summed E-state index contributed by atoms with van der Waals surface area (Å²) in [6, 6.07) is 0. The second kappa shape index (κ2) is 9.31. The molecule has 3 N–H and O–H groups in total. The fraction of sp³-hybridized carbons (Fsp3) is 0.923. The van der Waals surface area contributed by atoms with E-state index in [1.165, 1.54) is 0 Å². The second-order valence-corrected chi connectivity index (χ2v) is 9.82. The zero-order chi connectivity index (χ0) is 17.6. The van der Waals surface area contributed by atoms with E-state index in [9.17, 15) is 19.4 Å². The van der Waals surface area contributed by atoms with Crippen LogP contribution >= 0.6 is 7.82 Å². The summed E-state index contributed by atoms with van der Waals surface area (Å²) in [7, 11) is -4.25. The van der Waals surface area contributed by atoms with Gasteiger partial charge in [0.1, 0.15) is 0 Å². The van der Waals surface area contributed by atoms with Crippen LogP contribution in [0.25, 0.3) is 0 Å². The van der Waals surface area contributed by atoms with E-state index < -0.39 is 30.8 Å². The number of carbonyl (C=O) groups excluding carboxylic acids is 1. The van der Waals surface area contributed by atoms with E-state index in [-0.39, 0.29) is 6.61 Å². The van der Waals surface area contributed by atoms with Crippen LogP contribution in [0.3, 0.4) is 0 Å². The van der Waals surface area contributed by atoms with E-state index in [4.69, 9.17) is 9.05 Å². The third-order valence-corrected chi connectivity index (χ3v) is 4.95. The minimum absolute atomic E-state index is 0.290. The molecule has 0 rings (SSSR count). The average Bonchev–Trinajstić information content (AvgIpc) is 2.33. The molecule has 0 aliphatic heterocycles. The molecule has 7 nitrogen and oxygen atoms in total. The summed E-state index contributed by atoms with van der Waals surface area (Å²) in [4.78, 5) is 21.5. The fourth-order valence-corrected chi connectivity index (χ4v) is 3.23. The van der Waals surface area contributed by atoms with Gasteiger partial charge in [-0.2, -0.15) is 0 Å². The molecular weight excluding hydrogens is 472 g/mol. The number of nitrogens with one attached hydrogen (secondary N) is 1. The van der Waals surface area contributed by atoms with E-state index in [0.717, 1.165) is 2.64 Å². The molecule has 0 spiro atoms. The summed E-state index contributed by atoms with van der Waals surface area (Å²) >= 11 is 0.610. The van der Waals surface area contributed by atoms with Gasteiger partial charge in [0, 0.05) is 0 Å². The Bertz CT molecular complexity index is 410. The predicted molar refractivity (Wildman–Crippen MR) is 80.1 cm³/mol. The topological polar surface area (TPSA) is 105 Å². The number of carbonyl (C=O) groups is 1. The molecule has 9 heteroatoms. The summed E-state index contributed by atoms with van der Waals surface area (Å²) in [5, 5.41) is 12.7. The molecule has 0 saturated heterocycles. The summed E-state index contributed by atoms with van der Waals surface area (Å²) in [5.74, 6) is -0.515. The van der Waals surface area contributed by atoms with E-state index in [1.807, 2.05) is 3.14 Å². The first-order chi connectivity index (χ1) is 9.81. The first kappa shape index (κ1) is 22.8. The molecule has 141 valence electrons. The molecule has 0 aromatic heterocycles. The van der Waals surface area contributed by atoms with Crippen molar-refractivity contribution >= 4 is 13.7 Å². The van der Waals surface area contributed by atoms with Crippen molar-refractivity contribution < 1.29 is 61.4 Å². The zero-order valence-electron chi connectivity index (χ0n) is 13.9. The van der Waals surface area contributed by atoms with Crippen LogP contribution in [0, 0.1) is 38.5 Å². The number of rotatable bonds is 9. The van der Waals surface area contributed by atoms with Gasteiger partial charge in [0.2, 0.25) is 0 Å². The number of aliphatic hydroxyl groups excluding tert-OH is 1. The predicted octanol–water partition coefficient (Wildman–Crippen LogP) is 1.97. The van der Waals surface area contributed by atoms with Gasteiger partial charge in [-0.25, -0.2) is 0 Å². The van der Waals surface area contributed by atoms with Crippen molar-refractivity contribution in [2.75, 3.05) is 13.2 Å². The Morgan fingerprint density at radius 2 is 1.86 bits per heavy atom. The van der Waals surface area contributed by atoms with Crippen LogP contribution < -0.4 is 5.32 Å². The van der Waals surface area contributed by atoms with Gasteiger partial charge in [0.15, 0.2) is 0 Å². The molecule has 0 saturated carbocycles. The van der Waals surface area contributed by atoms with Crippen molar-refractivity contribution in [3.05, 3.63) is 0 Å². The quantitative estimate of drug-likeness (QED) is 0.331. The van der Waals surface area contributed by atoms with E-state index in [1.54, 1.807) is 34.6 Å². The Labute approximate surface area is 150 Å². The van der Waals surface area contributed by atoms with Crippen molar-refractivity contribution in [2.24, 2.45) is 5.41 Å². The molecule has 0 aromatic rings. The Morgan fingerprint density at radius 1 is 1.32 bits per heavy atom. The minimum atomic E-state index is -4.25. The normalized spacial score (nSPS) is 17.1. The molecule has 0 bridgehead atoms. The van der Waals surface area contributed by atoms with Crippen LogP contribution in [0.1, 0.15) is 34.6 Å². The molecule has 0 heterocycles. The van der Waals surface area contributed by atoms with Crippen molar-refractivity contribution in [2.45, 2.75) is 52.1 Å². The maximum absolute atomic E-state index is 11.8. The Hall–Kier alpha value is 0.774. The Morgan fingerprint density at radius 3 is 2.32 bits per heavy atom. The van der Waals surface area contributed by atoms with Crippen LogP contribution in [-0.4, -0.2) is 40.8 Å². The van der Waals surface area contributed by atoms with Crippen LogP contribution in [0.2, 0.25) is 5.79 Å². The van der Waals surface area contributed by atoms with Crippen LogP contribution in [0.4, 0.5) is 0 Å². The van der Waals surface area contributed by atoms with Crippen molar-refractivity contribution in [3.63, 3.8) is 0 Å². The van der Waals surface area contributed by atoms with Gasteiger partial charge in [-0.3, -0.25) is 0 Å². The van der Waals surface area contributed by atoms with Crippen molar-refractivity contribution in [1.29, 1.82) is 0 Å². The number of aliphatic hydroxyl groups is 1. The number of hydrogen-bond donors (Lipinski definition) is 3. The average molecular weight is 500 g/mol. The molecule has 0 aliphatic carbocycles. The summed E-state index contributed by atoms with van der Waals surface area (Å²) < 4.78 is 24.6. The number of hydrogen-bond acceptors (Lipinski definition) is 5. The first-order valence-corrected chi connectivity index (χ1v) is 11.0. The van der Waals surface area contributed by atoms with Crippen molar-refractivity contribution in [1.82, 2.24) is 5.32 Å². The third-order valence-electron chi connectivity index (χ3n) is 2.47. The summed E-state index contributed by atoms with van der Waals surface area (Å²) in [6.07, 6.45) is -1.34. The van der Waals surface area contributed by atoms with Gasteiger partial charge < -0.3 is 0 Å². The third kappa shape index (κ3) is 9.81. The molecule has 0 radical (unpaired) electrons. The Balaban J connectivity index is 4.55. The SMILES string of the molecule is [CH3][Lu][CH2]CNC(=O)C(O)C(C)(C)COP(=O)(O)OC(C)(C)C. The standard InChI is InChI=1S/C12H25NO6P.CH3.Lu/c1-7-13-10(15)9(14)12(5,6)8-18-20(16,17)19-11(2,3)4;;/h9,14H,1,7-8H2,2-6H3,(H,13,15)(H,16,17);1H3;. The number of phosphoric acid groups is 1. The molecule has 1 amide bonds. The van der Waals surface area contributed by atoms with Gasteiger partial charge in [-0.15, -0.1) is 0 Å². The van der Waals surface area contributed by atoms with Gasteiger partial charge in [-0.05, 0) is 0 Å². The zero-order valence-corrected chi connectivity index (χ0v) is 16.5. The maximum atomic E-state index is 11.8. The Kier molecular flexibility index (Phi) is 9.63. The summed E-state index contributed by atoms with van der Waals surface area (Å²) in [5.41, 5.74) is -1.87. The van der Waals surface area contributed by atoms with Crippen LogP contribution in [0.5, 0.6) is 0 Å². The van der Waals surface area contributed by atoms with Gasteiger partial charge in [-0.1, -0.05) is 0 Å². The second-order valence-electron chi connectivity index (χ2n) is 6.44. The molecule has 0 aromatic carbocycles. The molecular formula is C13H28LuNO6P. The fourth-order valence-electron chi connectivity index (χ4n) is 1.37. The van der Waals surface area contributed by atoms with Crippen LogP contribution in [0.15, 0.2) is 0 Å². The first-order valence-electron chi connectivity index (χ1n) is 6.68. The van der Waals surface area contributed by atoms with E-state index >= 15 is 0 Å². The molecule has 2 unspecified atom stereocenters. The summed E-state index contributed by atoms with van der Waals surface area (Å²) in [6.45, 7) is 8.25. The van der Waals surface area contributed by atoms with Crippen molar-refractivity contribution in [3.8, 4) is 0 Å².